The van der Waals surface area contributed by atoms with Gasteiger partial charge in [0.25, 0.3) is 0 Å². The lowest BCUT2D eigenvalue weighted by Crippen LogP contribution is -2.50. The van der Waals surface area contributed by atoms with E-state index < -0.39 is 12.6 Å². The zero-order valence-corrected chi connectivity index (χ0v) is 13.6. The Hall–Kier alpha value is -1.24. The van der Waals surface area contributed by atoms with Crippen molar-refractivity contribution >= 4 is 17.0 Å². The zero-order chi connectivity index (χ0) is 14.6. The summed E-state index contributed by atoms with van der Waals surface area (Å²) in [4.78, 5) is 1.39. The smallest absolute Gasteiger partial charge is 0.216 e. The summed E-state index contributed by atoms with van der Waals surface area (Å²) in [5.41, 5.74) is 5.73. The van der Waals surface area contributed by atoms with Crippen LogP contribution in [0.1, 0.15) is 22.7 Å². The van der Waals surface area contributed by atoms with E-state index >= 15 is 0 Å². The Morgan fingerprint density at radius 1 is 0.909 bits per heavy atom. The van der Waals surface area contributed by atoms with E-state index in [1.807, 2.05) is 24.3 Å². The lowest BCUT2D eigenvalue weighted by atomic mass is 9.77. The molecule has 22 heavy (non-hydrogen) atoms. The Bertz CT molecular complexity index is 704. The number of halogens is 1. The molecule has 2 atom stereocenters. The van der Waals surface area contributed by atoms with Gasteiger partial charge in [0.2, 0.25) is 6.41 Å². The van der Waals surface area contributed by atoms with E-state index in [2.05, 4.69) is 18.2 Å². The van der Waals surface area contributed by atoms with E-state index in [9.17, 15) is 15.3 Å². The van der Waals surface area contributed by atoms with Gasteiger partial charge in [-0.25, -0.2) is 4.90 Å². The van der Waals surface area contributed by atoms with Crippen LogP contribution in [0.25, 0.3) is 11.1 Å². The molecule has 5 heteroatoms. The highest BCUT2D eigenvalue weighted by Gasteiger charge is 2.40. The fourth-order valence-electron chi connectivity index (χ4n) is 3.77. The summed E-state index contributed by atoms with van der Waals surface area (Å²) in [5, 5.41) is 29.6. The summed E-state index contributed by atoms with van der Waals surface area (Å²) < 4.78 is 0. The molecule has 1 aliphatic heterocycles. The van der Waals surface area contributed by atoms with E-state index in [-0.39, 0.29) is 23.0 Å². The van der Waals surface area contributed by atoms with Gasteiger partial charge in [0.05, 0.1) is 0 Å². The maximum Gasteiger partial charge on any atom is 0.216 e. The second-order valence-corrected chi connectivity index (χ2v) is 5.73. The number of hydrogen-bond acceptors (Lipinski definition) is 4. The van der Waals surface area contributed by atoms with Crippen LogP contribution in [0.15, 0.2) is 42.5 Å². The number of hydrogen-bond donors (Lipinski definition) is 3. The molecule has 4 nitrogen and oxygen atoms in total. The summed E-state index contributed by atoms with van der Waals surface area (Å²) in [7, 11) is 0. The third-order valence-electron chi connectivity index (χ3n) is 4.62. The van der Waals surface area contributed by atoms with Crippen molar-refractivity contribution in [1.82, 2.24) is 4.90 Å². The minimum absolute atomic E-state index is 0. The van der Waals surface area contributed by atoms with Crippen molar-refractivity contribution in [3.8, 4) is 11.1 Å². The molecule has 0 bridgehead atoms. The first kappa shape index (κ1) is 15.6. The molecule has 4 rings (SSSR count). The predicted molar refractivity (Wildman–Crippen MR) is 88.4 cm³/mol. The fourth-order valence-corrected chi connectivity index (χ4v) is 3.77. The van der Waals surface area contributed by atoms with Crippen LogP contribution in [0.2, 0.25) is 0 Å². The Morgan fingerprint density at radius 2 is 1.59 bits per heavy atom. The molecule has 0 saturated heterocycles. The Labute approximate surface area is 139 Å². The second kappa shape index (κ2) is 5.76. The SMILES string of the molecule is Br.OC(O)N1C(O)Cc2cccc3c2C1Cc1ccccc1-3. The van der Waals surface area contributed by atoms with Crippen LogP contribution in [-0.4, -0.2) is 32.9 Å². The molecule has 2 aromatic carbocycles. The molecular formula is C17H18BrNO3. The lowest BCUT2D eigenvalue weighted by Gasteiger charge is -2.44. The van der Waals surface area contributed by atoms with Crippen molar-refractivity contribution in [3.05, 3.63) is 59.2 Å². The molecule has 0 saturated carbocycles. The second-order valence-electron chi connectivity index (χ2n) is 5.73. The molecule has 2 aliphatic rings. The normalized spacial score (nSPS) is 22.7. The Morgan fingerprint density at radius 3 is 2.36 bits per heavy atom. The van der Waals surface area contributed by atoms with Gasteiger partial charge in [0, 0.05) is 12.5 Å². The van der Waals surface area contributed by atoms with Crippen LogP contribution in [0.4, 0.5) is 0 Å². The number of aliphatic hydroxyl groups excluding tert-OH is 2. The van der Waals surface area contributed by atoms with E-state index in [1.165, 1.54) is 16.0 Å². The largest absolute Gasteiger partial charge is 0.378 e. The van der Waals surface area contributed by atoms with Crippen LogP contribution < -0.4 is 0 Å². The number of nitrogens with zero attached hydrogens (tertiary/aromatic N) is 1. The van der Waals surface area contributed by atoms with Gasteiger partial charge in [0.15, 0.2) is 0 Å². The molecule has 0 aromatic heterocycles. The van der Waals surface area contributed by atoms with Crippen LogP contribution in [-0.2, 0) is 12.8 Å². The third-order valence-corrected chi connectivity index (χ3v) is 4.62. The first-order chi connectivity index (χ1) is 10.2. The highest BCUT2D eigenvalue weighted by atomic mass is 79.9. The van der Waals surface area contributed by atoms with Gasteiger partial charge in [-0.3, -0.25) is 0 Å². The average Bonchev–Trinajstić information content (AvgIpc) is 2.47. The molecule has 116 valence electrons. The van der Waals surface area contributed by atoms with Crippen molar-refractivity contribution in [2.75, 3.05) is 0 Å². The highest BCUT2D eigenvalue weighted by molar-refractivity contribution is 8.93. The van der Waals surface area contributed by atoms with Crippen molar-refractivity contribution in [1.29, 1.82) is 0 Å². The maximum absolute atomic E-state index is 10.3. The topological polar surface area (TPSA) is 63.9 Å². The van der Waals surface area contributed by atoms with Crippen LogP contribution >= 0.6 is 17.0 Å². The average molecular weight is 364 g/mol. The predicted octanol–water partition coefficient (Wildman–Crippen LogP) is 1.97. The molecule has 2 aromatic rings. The van der Waals surface area contributed by atoms with Gasteiger partial charge in [0.1, 0.15) is 6.23 Å². The van der Waals surface area contributed by atoms with E-state index in [1.54, 1.807) is 0 Å². The quantitative estimate of drug-likeness (QED) is 0.677. The minimum Gasteiger partial charge on any atom is -0.378 e. The summed E-state index contributed by atoms with van der Waals surface area (Å²) in [5.74, 6) is 0. The summed E-state index contributed by atoms with van der Waals surface area (Å²) in [6.45, 7) is 0. The van der Waals surface area contributed by atoms with Gasteiger partial charge in [-0.2, -0.15) is 0 Å². The number of rotatable bonds is 1. The van der Waals surface area contributed by atoms with Crippen molar-refractivity contribution < 1.29 is 15.3 Å². The molecule has 3 N–H and O–H groups in total. The van der Waals surface area contributed by atoms with Gasteiger partial charge in [-0.15, -0.1) is 17.0 Å². The summed E-state index contributed by atoms with van der Waals surface area (Å²) in [6.07, 6.45) is -1.44. The standard InChI is InChI=1S/C17H17NO3.BrH/c19-15-9-11-5-3-7-13-12-6-2-1-4-10(12)8-14(16(11)13)18(15)17(20)21;/h1-7,14-15,17,19-21H,8-9H2;1H. The van der Waals surface area contributed by atoms with Gasteiger partial charge in [-0.1, -0.05) is 42.5 Å². The van der Waals surface area contributed by atoms with E-state index in [0.717, 1.165) is 16.7 Å². The van der Waals surface area contributed by atoms with E-state index in [4.69, 9.17) is 0 Å². The number of aliphatic hydroxyl groups is 3. The minimum atomic E-state index is -1.66. The first-order valence-corrected chi connectivity index (χ1v) is 7.18. The van der Waals surface area contributed by atoms with Crippen molar-refractivity contribution in [3.63, 3.8) is 0 Å². The van der Waals surface area contributed by atoms with Crippen molar-refractivity contribution in [2.45, 2.75) is 31.5 Å². The maximum atomic E-state index is 10.3. The lowest BCUT2D eigenvalue weighted by molar-refractivity contribution is -0.226. The zero-order valence-electron chi connectivity index (χ0n) is 11.9. The van der Waals surface area contributed by atoms with Crippen LogP contribution in [0.3, 0.4) is 0 Å². The summed E-state index contributed by atoms with van der Waals surface area (Å²) >= 11 is 0. The highest BCUT2D eigenvalue weighted by Crippen LogP contribution is 2.46. The van der Waals surface area contributed by atoms with Crippen LogP contribution in [0, 0.1) is 0 Å². The van der Waals surface area contributed by atoms with Gasteiger partial charge < -0.3 is 15.3 Å². The molecular weight excluding hydrogens is 346 g/mol. The Balaban J connectivity index is 0.00000144. The molecule has 1 aliphatic carbocycles. The molecule has 0 spiro atoms. The van der Waals surface area contributed by atoms with Gasteiger partial charge in [-0.05, 0) is 34.2 Å². The number of benzene rings is 2. The summed E-state index contributed by atoms with van der Waals surface area (Å²) in [6, 6.07) is 14.1. The van der Waals surface area contributed by atoms with Crippen molar-refractivity contribution in [2.24, 2.45) is 0 Å². The molecule has 2 unspecified atom stereocenters. The van der Waals surface area contributed by atoms with E-state index in [0.29, 0.717) is 12.8 Å². The Kier molecular flexibility index (Phi) is 4.09. The fraction of sp³-hybridized carbons (Fsp3) is 0.294. The first-order valence-electron chi connectivity index (χ1n) is 7.18. The molecule has 0 amide bonds. The third kappa shape index (κ3) is 2.21. The number of fused-ring (bicyclic) bond motifs is 2. The molecule has 0 radical (unpaired) electrons. The van der Waals surface area contributed by atoms with Crippen LogP contribution in [0.5, 0.6) is 0 Å². The molecule has 1 heterocycles. The molecule has 0 fully saturated rings. The van der Waals surface area contributed by atoms with Gasteiger partial charge >= 0.3 is 0 Å². The monoisotopic (exact) mass is 363 g/mol.